The van der Waals surface area contributed by atoms with E-state index in [1.54, 1.807) is 6.20 Å². The number of aromatic nitrogens is 3. The van der Waals surface area contributed by atoms with E-state index < -0.39 is 0 Å². The molecule has 4 aromatic rings. The fourth-order valence-corrected chi connectivity index (χ4v) is 5.02. The number of carbonyl (C=O) groups excluding carboxylic acids is 1. The van der Waals surface area contributed by atoms with E-state index in [4.69, 9.17) is 12.2 Å². The van der Waals surface area contributed by atoms with Gasteiger partial charge in [0.25, 0.3) is 0 Å². The number of nitrogens with one attached hydrogen (secondary N) is 2. The van der Waals surface area contributed by atoms with E-state index in [1.165, 1.54) is 0 Å². The van der Waals surface area contributed by atoms with E-state index in [2.05, 4.69) is 60.5 Å². The highest BCUT2D eigenvalue weighted by Gasteiger charge is 2.42. The molecule has 1 fully saturated rings. The average Bonchev–Trinajstić information content (AvgIpc) is 3.49. The first-order valence-corrected chi connectivity index (χ1v) is 12.8. The SMILES string of the molecule is Cc1cc(N2C(=S)N[C@H](c3ccccn3)[C@H]2c2cccn2Cc2cccnc2)ccc1NC(=O)C(C)C. The molecule has 0 saturated carbocycles. The van der Waals surface area contributed by atoms with E-state index in [9.17, 15) is 4.79 Å². The zero-order valence-electron chi connectivity index (χ0n) is 21.1. The van der Waals surface area contributed by atoms with Crippen molar-refractivity contribution in [2.24, 2.45) is 5.92 Å². The van der Waals surface area contributed by atoms with Crippen LogP contribution in [0, 0.1) is 12.8 Å². The first kappa shape index (κ1) is 24.6. The Labute approximate surface area is 222 Å². The third-order valence-corrected chi connectivity index (χ3v) is 6.93. The van der Waals surface area contributed by atoms with Gasteiger partial charge in [0, 0.05) is 54.3 Å². The molecule has 1 aliphatic rings. The molecule has 8 heteroatoms. The number of nitrogens with zero attached hydrogens (tertiary/aromatic N) is 4. The number of benzene rings is 1. The van der Waals surface area contributed by atoms with Gasteiger partial charge in [-0.3, -0.25) is 14.8 Å². The second-order valence-electron chi connectivity index (χ2n) is 9.56. The minimum absolute atomic E-state index is 0.00414. The maximum Gasteiger partial charge on any atom is 0.226 e. The van der Waals surface area contributed by atoms with Gasteiger partial charge in [0.05, 0.1) is 11.7 Å². The molecule has 0 radical (unpaired) electrons. The Bertz CT molecular complexity index is 1400. The van der Waals surface area contributed by atoms with Crippen LogP contribution in [0.4, 0.5) is 11.4 Å². The van der Waals surface area contributed by atoms with E-state index in [0.717, 1.165) is 33.9 Å². The fourth-order valence-electron chi connectivity index (χ4n) is 4.68. The number of thiocarbonyl (C=S) groups is 1. The molecular formula is C29H30N6OS. The summed E-state index contributed by atoms with van der Waals surface area (Å²) >= 11 is 5.90. The Morgan fingerprint density at radius 3 is 2.68 bits per heavy atom. The molecule has 1 aromatic carbocycles. The van der Waals surface area contributed by atoms with E-state index in [0.29, 0.717) is 11.7 Å². The van der Waals surface area contributed by atoms with Gasteiger partial charge < -0.3 is 20.1 Å². The molecule has 0 bridgehead atoms. The van der Waals surface area contributed by atoms with Crippen LogP contribution < -0.4 is 15.5 Å². The van der Waals surface area contributed by atoms with Crippen molar-refractivity contribution in [2.45, 2.75) is 39.4 Å². The minimum Gasteiger partial charge on any atom is -0.351 e. The van der Waals surface area contributed by atoms with Crippen LogP contribution in [0.25, 0.3) is 0 Å². The molecule has 1 aliphatic heterocycles. The molecule has 5 rings (SSSR count). The summed E-state index contributed by atoms with van der Waals surface area (Å²) in [6, 6.07) is 20.0. The maximum atomic E-state index is 12.3. The van der Waals surface area contributed by atoms with Crippen LogP contribution in [0.1, 0.15) is 48.4 Å². The lowest BCUT2D eigenvalue weighted by molar-refractivity contribution is -0.118. The van der Waals surface area contributed by atoms with Crippen LogP contribution >= 0.6 is 12.2 Å². The molecule has 37 heavy (non-hydrogen) atoms. The molecule has 0 unspecified atom stereocenters. The van der Waals surface area contributed by atoms with Gasteiger partial charge in [-0.05, 0) is 78.8 Å². The average molecular weight is 511 g/mol. The predicted molar refractivity (Wildman–Crippen MR) is 150 cm³/mol. The van der Waals surface area contributed by atoms with Crippen LogP contribution in [-0.4, -0.2) is 25.6 Å². The van der Waals surface area contributed by atoms with Crippen LogP contribution in [-0.2, 0) is 11.3 Å². The Morgan fingerprint density at radius 2 is 1.97 bits per heavy atom. The van der Waals surface area contributed by atoms with Gasteiger partial charge in [-0.2, -0.15) is 0 Å². The third-order valence-electron chi connectivity index (χ3n) is 6.61. The third kappa shape index (κ3) is 5.11. The van der Waals surface area contributed by atoms with Crippen molar-refractivity contribution in [3.8, 4) is 0 Å². The van der Waals surface area contributed by atoms with Gasteiger partial charge in [0.1, 0.15) is 6.04 Å². The zero-order chi connectivity index (χ0) is 25.9. The smallest absolute Gasteiger partial charge is 0.226 e. The van der Waals surface area contributed by atoms with Crippen LogP contribution in [0.3, 0.4) is 0 Å². The van der Waals surface area contributed by atoms with E-state index >= 15 is 0 Å². The second-order valence-corrected chi connectivity index (χ2v) is 9.95. The first-order valence-electron chi connectivity index (χ1n) is 12.4. The molecule has 7 nitrogen and oxygen atoms in total. The summed E-state index contributed by atoms with van der Waals surface area (Å²) in [6.45, 7) is 6.47. The highest BCUT2D eigenvalue weighted by atomic mass is 32.1. The lowest BCUT2D eigenvalue weighted by Gasteiger charge is -2.29. The molecule has 3 aromatic heterocycles. The summed E-state index contributed by atoms with van der Waals surface area (Å²) < 4.78 is 2.24. The highest BCUT2D eigenvalue weighted by molar-refractivity contribution is 7.80. The molecule has 0 aliphatic carbocycles. The molecule has 2 N–H and O–H groups in total. The summed E-state index contributed by atoms with van der Waals surface area (Å²) in [4.78, 5) is 23.4. The monoisotopic (exact) mass is 510 g/mol. The summed E-state index contributed by atoms with van der Waals surface area (Å²) in [5.74, 6) is -0.0962. The summed E-state index contributed by atoms with van der Waals surface area (Å²) in [5, 5.41) is 7.18. The van der Waals surface area contributed by atoms with Gasteiger partial charge in [0.2, 0.25) is 5.91 Å². The van der Waals surface area contributed by atoms with Crippen molar-refractivity contribution in [2.75, 3.05) is 10.2 Å². The van der Waals surface area contributed by atoms with Crippen molar-refractivity contribution in [3.63, 3.8) is 0 Å². The van der Waals surface area contributed by atoms with E-state index in [1.807, 2.05) is 69.6 Å². The molecule has 188 valence electrons. The van der Waals surface area contributed by atoms with Gasteiger partial charge >= 0.3 is 0 Å². The van der Waals surface area contributed by atoms with E-state index in [-0.39, 0.29) is 23.9 Å². The van der Waals surface area contributed by atoms with Crippen molar-refractivity contribution in [3.05, 3.63) is 108 Å². The van der Waals surface area contributed by atoms with Crippen molar-refractivity contribution >= 4 is 34.6 Å². The Morgan fingerprint density at radius 1 is 1.11 bits per heavy atom. The number of aryl methyl sites for hydroxylation is 1. The topological polar surface area (TPSA) is 75.1 Å². The lowest BCUT2D eigenvalue weighted by Crippen LogP contribution is -2.30. The van der Waals surface area contributed by atoms with Crippen molar-refractivity contribution in [1.29, 1.82) is 0 Å². The summed E-state index contributed by atoms with van der Waals surface area (Å²) in [5.41, 5.74) is 5.88. The van der Waals surface area contributed by atoms with Gasteiger partial charge in [0.15, 0.2) is 5.11 Å². The standard InChI is InChI=1S/C29H30N6OS/c1-19(2)28(36)32-23-12-11-22(16-20(23)3)35-27(26(33-29(35)37)24-9-4-5-14-31-24)25-10-7-15-34(25)18-21-8-6-13-30-17-21/h4-17,19,26-27H,18H2,1-3H3,(H,32,36)(H,33,37)/t26-,27-/m1/s1. The molecule has 4 heterocycles. The Kier molecular flexibility index (Phi) is 7.01. The quantitative estimate of drug-likeness (QED) is 0.324. The van der Waals surface area contributed by atoms with Crippen LogP contribution in [0.5, 0.6) is 0 Å². The fraction of sp³-hybridized carbons (Fsp3) is 0.241. The molecular weight excluding hydrogens is 480 g/mol. The summed E-state index contributed by atoms with van der Waals surface area (Å²) in [6.07, 6.45) is 7.58. The zero-order valence-corrected chi connectivity index (χ0v) is 21.9. The predicted octanol–water partition coefficient (Wildman–Crippen LogP) is 5.41. The number of pyridine rings is 2. The number of hydrogen-bond acceptors (Lipinski definition) is 4. The van der Waals surface area contributed by atoms with Gasteiger partial charge in [-0.25, -0.2) is 0 Å². The maximum absolute atomic E-state index is 12.3. The molecule has 0 spiro atoms. The number of amides is 1. The normalized spacial score (nSPS) is 17.2. The first-order chi connectivity index (χ1) is 17.9. The number of carbonyl (C=O) groups is 1. The lowest BCUT2D eigenvalue weighted by atomic mass is 10.00. The minimum atomic E-state index is -0.142. The van der Waals surface area contributed by atoms with Crippen LogP contribution in [0.15, 0.2) is 85.5 Å². The number of hydrogen-bond donors (Lipinski definition) is 2. The summed E-state index contributed by atoms with van der Waals surface area (Å²) in [7, 11) is 0. The van der Waals surface area contributed by atoms with Crippen molar-refractivity contribution in [1.82, 2.24) is 19.9 Å². The van der Waals surface area contributed by atoms with Crippen molar-refractivity contribution < 1.29 is 4.79 Å². The van der Waals surface area contributed by atoms with Gasteiger partial charge in [-0.1, -0.05) is 26.0 Å². The second kappa shape index (κ2) is 10.5. The highest BCUT2D eigenvalue weighted by Crippen LogP contribution is 2.42. The largest absolute Gasteiger partial charge is 0.351 e. The Hall–Kier alpha value is -4.04. The number of rotatable bonds is 7. The number of anilines is 2. The molecule has 1 saturated heterocycles. The van der Waals surface area contributed by atoms with Crippen LogP contribution in [0.2, 0.25) is 0 Å². The van der Waals surface area contributed by atoms with Gasteiger partial charge in [-0.15, -0.1) is 0 Å². The Balaban J connectivity index is 1.55. The molecule has 1 amide bonds. The molecule has 2 atom stereocenters.